The van der Waals surface area contributed by atoms with Crippen molar-refractivity contribution in [3.8, 4) is 0 Å². The highest BCUT2D eigenvalue weighted by Crippen LogP contribution is 2.20. The number of H-pyrrole nitrogens is 1. The highest BCUT2D eigenvalue weighted by atomic mass is 32.2. The van der Waals surface area contributed by atoms with Gasteiger partial charge >= 0.3 is 5.69 Å². The molecule has 9 heteroatoms. The molecule has 3 rings (SSSR count). The average molecular weight is 419 g/mol. The molecule has 2 aromatic rings. The largest absolute Gasteiger partial charge is 0.376 e. The summed E-state index contributed by atoms with van der Waals surface area (Å²) < 4.78 is 7.11. The van der Waals surface area contributed by atoms with Gasteiger partial charge < -0.3 is 10.1 Å². The summed E-state index contributed by atoms with van der Waals surface area (Å²) in [5.41, 5.74) is 0.914. The smallest absolute Gasteiger partial charge is 0.344 e. The van der Waals surface area contributed by atoms with E-state index >= 15 is 0 Å². The molecule has 1 aliphatic heterocycles. The van der Waals surface area contributed by atoms with Crippen molar-refractivity contribution in [1.82, 2.24) is 14.8 Å². The van der Waals surface area contributed by atoms with E-state index in [1.807, 2.05) is 13.8 Å². The maximum Gasteiger partial charge on any atom is 0.344 e. The van der Waals surface area contributed by atoms with Crippen molar-refractivity contribution in [3.05, 3.63) is 40.3 Å². The molecule has 1 saturated heterocycles. The number of hydrogen-bond donors (Lipinski definition) is 2. The first-order valence-electron chi connectivity index (χ1n) is 9.75. The molecule has 0 saturated carbocycles. The van der Waals surface area contributed by atoms with Gasteiger partial charge in [0.1, 0.15) is 0 Å². The number of nitrogens with one attached hydrogen (secondary N) is 2. The first-order valence-corrected chi connectivity index (χ1v) is 10.7. The molecule has 1 fully saturated rings. The van der Waals surface area contributed by atoms with Crippen molar-refractivity contribution in [1.29, 1.82) is 0 Å². The Balaban J connectivity index is 1.56. The lowest BCUT2D eigenvalue weighted by molar-refractivity contribution is -0.116. The van der Waals surface area contributed by atoms with Gasteiger partial charge in [-0.05, 0) is 43.0 Å². The van der Waals surface area contributed by atoms with E-state index in [-0.39, 0.29) is 35.2 Å². The number of ether oxygens (including phenoxy) is 1. The maximum absolute atomic E-state index is 12.5. The lowest BCUT2D eigenvalue weighted by atomic mass is 10.1. The van der Waals surface area contributed by atoms with E-state index in [1.165, 1.54) is 16.3 Å². The molecule has 8 nitrogen and oxygen atoms in total. The van der Waals surface area contributed by atoms with Crippen LogP contribution < -0.4 is 11.0 Å². The van der Waals surface area contributed by atoms with E-state index in [0.29, 0.717) is 36.0 Å². The second-order valence-corrected chi connectivity index (χ2v) is 8.43. The number of Topliss-reactive ketones (excluding diaryl/α,β-unsaturated/α-hetero) is 1. The minimum atomic E-state index is -0.294. The zero-order valence-corrected chi connectivity index (χ0v) is 17.5. The molecule has 0 aliphatic carbocycles. The van der Waals surface area contributed by atoms with Crippen LogP contribution in [0, 0.1) is 5.92 Å². The molecule has 2 heterocycles. The Morgan fingerprint density at radius 1 is 1.34 bits per heavy atom. The SMILES string of the molecule is CC(C)CC(=O)Nc1ccc(C(=O)CSc2n[nH]c(=O)n2C[C@@H]2CCCO2)cc1. The van der Waals surface area contributed by atoms with Crippen LogP contribution in [0.5, 0.6) is 0 Å². The Hall–Kier alpha value is -2.39. The van der Waals surface area contributed by atoms with E-state index < -0.39 is 0 Å². The number of rotatable bonds is 9. The Morgan fingerprint density at radius 2 is 2.10 bits per heavy atom. The van der Waals surface area contributed by atoms with Crippen LogP contribution in [0.3, 0.4) is 0 Å². The van der Waals surface area contributed by atoms with Crippen LogP contribution in [-0.4, -0.2) is 44.9 Å². The van der Waals surface area contributed by atoms with Gasteiger partial charge in [-0.15, -0.1) is 5.10 Å². The van der Waals surface area contributed by atoms with Crippen LogP contribution in [0.1, 0.15) is 43.5 Å². The molecular weight excluding hydrogens is 392 g/mol. The number of carbonyl (C=O) groups excluding carboxylic acids is 2. The molecule has 1 aromatic carbocycles. The Morgan fingerprint density at radius 3 is 2.76 bits per heavy atom. The quantitative estimate of drug-likeness (QED) is 0.479. The third-order valence-corrected chi connectivity index (χ3v) is 5.53. The predicted molar refractivity (Wildman–Crippen MR) is 111 cm³/mol. The second kappa shape index (κ2) is 9.89. The molecule has 1 aromatic heterocycles. The summed E-state index contributed by atoms with van der Waals surface area (Å²) in [4.78, 5) is 36.3. The normalized spacial score (nSPS) is 16.3. The van der Waals surface area contributed by atoms with Crippen LogP contribution in [-0.2, 0) is 16.1 Å². The van der Waals surface area contributed by atoms with E-state index in [0.717, 1.165) is 12.8 Å². The van der Waals surface area contributed by atoms with Crippen molar-refractivity contribution in [2.75, 3.05) is 17.7 Å². The highest BCUT2D eigenvalue weighted by molar-refractivity contribution is 7.99. The highest BCUT2D eigenvalue weighted by Gasteiger charge is 2.20. The Bertz CT molecular complexity index is 898. The lowest BCUT2D eigenvalue weighted by Gasteiger charge is -2.11. The van der Waals surface area contributed by atoms with Crippen molar-refractivity contribution in [2.45, 2.75) is 50.9 Å². The molecule has 156 valence electrons. The number of benzene rings is 1. The third-order valence-electron chi connectivity index (χ3n) is 4.55. The first kappa shape index (κ1) is 21.3. The molecule has 2 N–H and O–H groups in total. The van der Waals surface area contributed by atoms with Gasteiger partial charge in [0.15, 0.2) is 10.9 Å². The summed E-state index contributed by atoms with van der Waals surface area (Å²) in [6.07, 6.45) is 2.38. The summed E-state index contributed by atoms with van der Waals surface area (Å²) in [7, 11) is 0. The molecule has 0 radical (unpaired) electrons. The van der Waals surface area contributed by atoms with Gasteiger partial charge in [-0.25, -0.2) is 9.89 Å². The number of nitrogens with zero attached hydrogens (tertiary/aromatic N) is 2. The second-order valence-electron chi connectivity index (χ2n) is 7.49. The molecule has 1 aliphatic rings. The Labute approximate surface area is 173 Å². The van der Waals surface area contributed by atoms with Crippen LogP contribution >= 0.6 is 11.8 Å². The molecular formula is C20H26N4O4S. The van der Waals surface area contributed by atoms with Crippen molar-refractivity contribution in [3.63, 3.8) is 0 Å². The van der Waals surface area contributed by atoms with E-state index in [4.69, 9.17) is 4.74 Å². The lowest BCUT2D eigenvalue weighted by Crippen LogP contribution is -2.25. The summed E-state index contributed by atoms with van der Waals surface area (Å²) in [5.74, 6) is 0.327. The first-order chi connectivity index (χ1) is 13.9. The number of ketones is 1. The summed E-state index contributed by atoms with van der Waals surface area (Å²) in [5, 5.41) is 9.78. The van der Waals surface area contributed by atoms with Crippen LogP contribution in [0.25, 0.3) is 0 Å². The minimum absolute atomic E-state index is 0.0128. The van der Waals surface area contributed by atoms with Gasteiger partial charge in [-0.1, -0.05) is 25.6 Å². The van der Waals surface area contributed by atoms with Gasteiger partial charge in [0.2, 0.25) is 5.91 Å². The number of aromatic nitrogens is 3. The minimum Gasteiger partial charge on any atom is -0.376 e. The molecule has 0 unspecified atom stereocenters. The number of carbonyl (C=O) groups is 2. The number of aromatic amines is 1. The van der Waals surface area contributed by atoms with Gasteiger partial charge in [0.25, 0.3) is 0 Å². The zero-order valence-electron chi connectivity index (χ0n) is 16.6. The van der Waals surface area contributed by atoms with E-state index in [9.17, 15) is 14.4 Å². The molecule has 1 atom stereocenters. The topological polar surface area (TPSA) is 106 Å². The van der Waals surface area contributed by atoms with Crippen LogP contribution in [0.2, 0.25) is 0 Å². The fraction of sp³-hybridized carbons (Fsp3) is 0.500. The number of hydrogen-bond acceptors (Lipinski definition) is 6. The number of thioether (sulfide) groups is 1. The zero-order chi connectivity index (χ0) is 20.8. The van der Waals surface area contributed by atoms with Crippen LogP contribution in [0.4, 0.5) is 5.69 Å². The fourth-order valence-corrected chi connectivity index (χ4v) is 3.95. The van der Waals surface area contributed by atoms with Crippen molar-refractivity contribution < 1.29 is 14.3 Å². The fourth-order valence-electron chi connectivity index (χ4n) is 3.10. The predicted octanol–water partition coefficient (Wildman–Crippen LogP) is 2.71. The van der Waals surface area contributed by atoms with E-state index in [1.54, 1.807) is 24.3 Å². The van der Waals surface area contributed by atoms with E-state index in [2.05, 4.69) is 15.5 Å². The van der Waals surface area contributed by atoms with Crippen molar-refractivity contribution >= 4 is 29.1 Å². The standard InChI is InChI=1S/C20H26N4O4S/c1-13(2)10-18(26)21-15-7-5-14(6-8-15)17(25)12-29-20-23-22-19(27)24(20)11-16-4-3-9-28-16/h5-8,13,16H,3-4,9-12H2,1-2H3,(H,21,26)(H,22,27)/t16-/m0/s1. The molecule has 0 spiro atoms. The number of amides is 1. The summed E-state index contributed by atoms with van der Waals surface area (Å²) in [6, 6.07) is 6.83. The third kappa shape index (κ3) is 6.04. The molecule has 29 heavy (non-hydrogen) atoms. The monoisotopic (exact) mass is 418 g/mol. The van der Waals surface area contributed by atoms with Crippen molar-refractivity contribution in [2.24, 2.45) is 5.92 Å². The average Bonchev–Trinajstić information content (AvgIpc) is 3.31. The summed E-state index contributed by atoms with van der Waals surface area (Å²) in [6.45, 7) is 5.13. The molecule has 1 amide bonds. The van der Waals surface area contributed by atoms with Gasteiger partial charge in [0, 0.05) is 24.3 Å². The Kier molecular flexibility index (Phi) is 7.27. The number of anilines is 1. The molecule has 0 bridgehead atoms. The van der Waals surface area contributed by atoms with Gasteiger partial charge in [-0.3, -0.25) is 14.2 Å². The maximum atomic E-state index is 12.5. The van der Waals surface area contributed by atoms with Gasteiger partial charge in [0.05, 0.1) is 18.4 Å². The summed E-state index contributed by atoms with van der Waals surface area (Å²) >= 11 is 1.22. The van der Waals surface area contributed by atoms with Gasteiger partial charge in [-0.2, -0.15) is 0 Å². The van der Waals surface area contributed by atoms with Crippen LogP contribution in [0.15, 0.2) is 34.2 Å².